The quantitative estimate of drug-likeness (QED) is 0.688. The molecule has 3 nitrogen and oxygen atoms in total. The van der Waals surface area contributed by atoms with Gasteiger partial charge in [-0.2, -0.15) is 0 Å². The van der Waals surface area contributed by atoms with Gasteiger partial charge in [-0.05, 0) is 12.1 Å². The van der Waals surface area contributed by atoms with Crippen LogP contribution in [0.25, 0.3) is 0 Å². The van der Waals surface area contributed by atoms with Crippen molar-refractivity contribution in [1.29, 1.82) is 0 Å². The van der Waals surface area contributed by atoms with E-state index in [0.29, 0.717) is 0 Å². The summed E-state index contributed by atoms with van der Waals surface area (Å²) in [5, 5.41) is 0.238. The predicted molar refractivity (Wildman–Crippen MR) is 47.0 cm³/mol. The van der Waals surface area contributed by atoms with E-state index in [9.17, 15) is 8.42 Å². The van der Waals surface area contributed by atoms with Crippen LogP contribution in [0, 0.1) is 0 Å². The Bertz CT molecular complexity index is 375. The largest absolute Gasteiger partial charge is 0.225 e. The summed E-state index contributed by atoms with van der Waals surface area (Å²) < 4.78 is 22.5. The number of rotatable bonds is 2. The molecule has 0 aromatic carbocycles. The van der Waals surface area contributed by atoms with Gasteiger partial charge in [0.1, 0.15) is 5.15 Å². The highest BCUT2D eigenvalue weighted by Crippen LogP contribution is 2.11. The molecule has 0 unspecified atom stereocenters. The Kier molecular flexibility index (Phi) is 2.69. The van der Waals surface area contributed by atoms with Crippen LogP contribution in [0.15, 0.2) is 23.2 Å². The van der Waals surface area contributed by atoms with Gasteiger partial charge in [0, 0.05) is 0 Å². The third-order valence-corrected chi connectivity index (χ3v) is 3.22. The normalized spacial score (nSPS) is 11.5. The minimum Gasteiger partial charge on any atom is -0.225 e. The predicted octanol–water partition coefficient (Wildman–Crippen LogP) is 1.53. The van der Waals surface area contributed by atoms with Crippen molar-refractivity contribution in [2.24, 2.45) is 0 Å². The molecule has 0 aliphatic rings. The van der Waals surface area contributed by atoms with E-state index >= 15 is 0 Å². The zero-order chi connectivity index (χ0) is 9.19. The van der Waals surface area contributed by atoms with E-state index in [1.807, 2.05) is 0 Å². The number of aromatic nitrogens is 1. The summed E-state index contributed by atoms with van der Waals surface area (Å²) in [6.45, 7) is 1.57. The monoisotopic (exact) mass is 205 g/mol. The maximum absolute atomic E-state index is 11.2. The zero-order valence-corrected chi connectivity index (χ0v) is 8.06. The molecular weight excluding hydrogens is 198 g/mol. The molecule has 0 saturated carbocycles. The number of halogens is 1. The van der Waals surface area contributed by atoms with Crippen LogP contribution < -0.4 is 0 Å². The first-order valence-corrected chi connectivity index (χ1v) is 5.44. The molecule has 1 rings (SSSR count). The van der Waals surface area contributed by atoms with E-state index in [0.717, 1.165) is 0 Å². The van der Waals surface area contributed by atoms with Crippen molar-refractivity contribution < 1.29 is 8.42 Å². The molecule has 0 bridgehead atoms. The van der Waals surface area contributed by atoms with E-state index in [1.54, 1.807) is 13.0 Å². The van der Waals surface area contributed by atoms with Crippen LogP contribution in [0.5, 0.6) is 0 Å². The van der Waals surface area contributed by atoms with Crippen LogP contribution in [0.3, 0.4) is 0 Å². The van der Waals surface area contributed by atoms with E-state index in [2.05, 4.69) is 4.98 Å². The smallest absolute Gasteiger partial charge is 0.195 e. The Labute approximate surface area is 76.3 Å². The molecule has 0 radical (unpaired) electrons. The van der Waals surface area contributed by atoms with Crippen molar-refractivity contribution in [2.75, 3.05) is 5.75 Å². The average Bonchev–Trinajstić information content (AvgIpc) is 2.05. The summed E-state index contributed by atoms with van der Waals surface area (Å²) in [5.41, 5.74) is 0. The minimum absolute atomic E-state index is 0.0394. The Morgan fingerprint density at radius 1 is 1.50 bits per heavy atom. The molecule has 0 aliphatic heterocycles. The first kappa shape index (κ1) is 9.48. The lowest BCUT2D eigenvalue weighted by Gasteiger charge is -1.98. The van der Waals surface area contributed by atoms with Crippen LogP contribution in [0.4, 0.5) is 0 Å². The molecular formula is C7H8ClNO2S. The Morgan fingerprint density at radius 2 is 2.17 bits per heavy atom. The van der Waals surface area contributed by atoms with Crippen LogP contribution in [-0.2, 0) is 9.84 Å². The zero-order valence-electron chi connectivity index (χ0n) is 6.49. The Morgan fingerprint density at radius 3 is 2.67 bits per heavy atom. The molecule has 0 amide bonds. The highest BCUT2D eigenvalue weighted by molar-refractivity contribution is 7.91. The Hall–Kier alpha value is -0.610. The molecule has 12 heavy (non-hydrogen) atoms. The third kappa shape index (κ3) is 1.95. The molecule has 0 atom stereocenters. The van der Waals surface area contributed by atoms with Gasteiger partial charge < -0.3 is 0 Å². The molecule has 0 N–H and O–H groups in total. The number of nitrogens with zero attached hydrogens (tertiary/aromatic N) is 1. The minimum atomic E-state index is -3.22. The second kappa shape index (κ2) is 3.41. The van der Waals surface area contributed by atoms with Gasteiger partial charge in [0.25, 0.3) is 0 Å². The van der Waals surface area contributed by atoms with Crippen molar-refractivity contribution in [1.82, 2.24) is 4.98 Å². The Balaban J connectivity index is 3.21. The second-order valence-electron chi connectivity index (χ2n) is 2.20. The van der Waals surface area contributed by atoms with Crippen LogP contribution in [0.1, 0.15) is 6.92 Å². The summed E-state index contributed by atoms with van der Waals surface area (Å²) in [5.74, 6) is 0.0420. The van der Waals surface area contributed by atoms with E-state index in [-0.39, 0.29) is 15.9 Å². The first-order valence-electron chi connectivity index (χ1n) is 3.41. The van der Waals surface area contributed by atoms with Crippen molar-refractivity contribution in [2.45, 2.75) is 11.9 Å². The van der Waals surface area contributed by atoms with Crippen LogP contribution in [-0.4, -0.2) is 19.2 Å². The van der Waals surface area contributed by atoms with Gasteiger partial charge in [-0.25, -0.2) is 13.4 Å². The van der Waals surface area contributed by atoms with Gasteiger partial charge in [0.2, 0.25) is 0 Å². The van der Waals surface area contributed by atoms with E-state index < -0.39 is 9.84 Å². The summed E-state index contributed by atoms with van der Waals surface area (Å²) in [6, 6.07) is 4.54. The summed E-state index contributed by atoms with van der Waals surface area (Å²) in [4.78, 5) is 3.69. The molecule has 1 aromatic heterocycles. The lowest BCUT2D eigenvalue weighted by molar-refractivity contribution is 0.593. The molecule has 0 aliphatic carbocycles. The standard InChI is InChI=1S/C7H8ClNO2S/c1-2-12(10,11)7-5-3-4-6(8)9-7/h3-5H,2H2,1H3. The molecule has 1 heterocycles. The van der Waals surface area contributed by atoms with Gasteiger partial charge in [0.15, 0.2) is 14.9 Å². The maximum Gasteiger partial charge on any atom is 0.195 e. The fraction of sp³-hybridized carbons (Fsp3) is 0.286. The van der Waals surface area contributed by atoms with Gasteiger partial charge in [0.05, 0.1) is 5.75 Å². The fourth-order valence-electron chi connectivity index (χ4n) is 0.711. The van der Waals surface area contributed by atoms with E-state index in [1.165, 1.54) is 12.1 Å². The molecule has 0 spiro atoms. The molecule has 0 saturated heterocycles. The SMILES string of the molecule is CCS(=O)(=O)c1cccc(Cl)n1. The highest BCUT2D eigenvalue weighted by atomic mass is 35.5. The summed E-state index contributed by atoms with van der Waals surface area (Å²) in [6.07, 6.45) is 0. The topological polar surface area (TPSA) is 47.0 Å². The van der Waals surface area contributed by atoms with Crippen molar-refractivity contribution in [3.8, 4) is 0 Å². The van der Waals surface area contributed by atoms with E-state index in [4.69, 9.17) is 11.6 Å². The number of pyridine rings is 1. The molecule has 1 aromatic rings. The lowest BCUT2D eigenvalue weighted by Crippen LogP contribution is -2.05. The fourth-order valence-corrected chi connectivity index (χ4v) is 1.74. The van der Waals surface area contributed by atoms with Gasteiger partial charge in [-0.1, -0.05) is 24.6 Å². The summed E-state index contributed by atoms with van der Waals surface area (Å²) in [7, 11) is -3.22. The lowest BCUT2D eigenvalue weighted by atomic mass is 10.5. The van der Waals surface area contributed by atoms with Gasteiger partial charge >= 0.3 is 0 Å². The number of sulfone groups is 1. The summed E-state index contributed by atoms with van der Waals surface area (Å²) >= 11 is 5.53. The van der Waals surface area contributed by atoms with Gasteiger partial charge in [-0.15, -0.1) is 0 Å². The van der Waals surface area contributed by atoms with Crippen LogP contribution in [0.2, 0.25) is 5.15 Å². The van der Waals surface area contributed by atoms with Crippen molar-refractivity contribution >= 4 is 21.4 Å². The number of hydrogen-bond acceptors (Lipinski definition) is 3. The van der Waals surface area contributed by atoms with Crippen LogP contribution >= 0.6 is 11.6 Å². The number of hydrogen-bond donors (Lipinski definition) is 0. The third-order valence-electron chi connectivity index (χ3n) is 1.39. The van der Waals surface area contributed by atoms with Crippen molar-refractivity contribution in [3.05, 3.63) is 23.4 Å². The molecule has 66 valence electrons. The van der Waals surface area contributed by atoms with Gasteiger partial charge in [-0.3, -0.25) is 0 Å². The average molecular weight is 206 g/mol. The first-order chi connectivity index (χ1) is 5.56. The second-order valence-corrected chi connectivity index (χ2v) is 4.81. The highest BCUT2D eigenvalue weighted by Gasteiger charge is 2.12. The van der Waals surface area contributed by atoms with Crippen molar-refractivity contribution in [3.63, 3.8) is 0 Å². The molecule has 5 heteroatoms. The maximum atomic E-state index is 11.2. The molecule has 0 fully saturated rings.